The van der Waals surface area contributed by atoms with Gasteiger partial charge in [-0.25, -0.2) is 4.98 Å². The van der Waals surface area contributed by atoms with Crippen molar-refractivity contribution in [1.82, 2.24) is 15.2 Å². The van der Waals surface area contributed by atoms with Gasteiger partial charge in [0.25, 0.3) is 0 Å². The maximum atomic E-state index is 5.36. The highest BCUT2D eigenvalue weighted by atomic mass is 32.1. The summed E-state index contributed by atoms with van der Waals surface area (Å²) in [6, 6.07) is 0. The largest absolute Gasteiger partial charge is 0.379 e. The number of rotatable bonds is 7. The lowest BCUT2D eigenvalue weighted by molar-refractivity contribution is 0.0384. The Bertz CT molecular complexity index is 354. The van der Waals surface area contributed by atoms with Gasteiger partial charge in [0.15, 0.2) is 0 Å². The summed E-state index contributed by atoms with van der Waals surface area (Å²) >= 11 is 1.80. The van der Waals surface area contributed by atoms with Crippen LogP contribution >= 0.6 is 11.3 Å². The number of methoxy groups -OCH3 is 1. The molecule has 0 atom stereocenters. The second kappa shape index (κ2) is 7.91. The van der Waals surface area contributed by atoms with Crippen LogP contribution in [0.2, 0.25) is 0 Å². The summed E-state index contributed by atoms with van der Waals surface area (Å²) in [5, 5.41) is 4.40. The number of nitrogens with zero attached hydrogens (tertiary/aromatic N) is 2. The molecule has 1 aliphatic rings. The minimum absolute atomic E-state index is 0.602. The first-order chi connectivity index (χ1) is 9.33. The van der Waals surface area contributed by atoms with Gasteiger partial charge in [-0.15, -0.1) is 11.3 Å². The predicted molar refractivity (Wildman–Crippen MR) is 76.6 cm³/mol. The van der Waals surface area contributed by atoms with Crippen LogP contribution in [0.3, 0.4) is 0 Å². The van der Waals surface area contributed by atoms with Crippen molar-refractivity contribution < 1.29 is 9.47 Å². The van der Waals surface area contributed by atoms with Crippen LogP contribution in [0.25, 0.3) is 0 Å². The molecular formula is C13H23N3O2S. The molecular weight excluding hydrogens is 262 g/mol. The molecule has 0 aromatic carbocycles. The molecule has 108 valence electrons. The van der Waals surface area contributed by atoms with Crippen LogP contribution < -0.4 is 5.32 Å². The molecule has 5 nitrogen and oxygen atoms in total. The van der Waals surface area contributed by atoms with Crippen molar-refractivity contribution in [2.75, 3.05) is 47.0 Å². The van der Waals surface area contributed by atoms with Crippen molar-refractivity contribution in [2.24, 2.45) is 0 Å². The van der Waals surface area contributed by atoms with Crippen molar-refractivity contribution in [3.63, 3.8) is 0 Å². The van der Waals surface area contributed by atoms with Crippen LogP contribution in [0.5, 0.6) is 0 Å². The Morgan fingerprint density at radius 1 is 1.42 bits per heavy atom. The summed E-state index contributed by atoms with van der Waals surface area (Å²) in [5.41, 5.74) is 1.08. The first-order valence-corrected chi connectivity index (χ1v) is 7.56. The molecule has 1 fully saturated rings. The van der Waals surface area contributed by atoms with Crippen LogP contribution in [0, 0.1) is 0 Å². The first-order valence-electron chi connectivity index (χ1n) is 6.74. The molecule has 6 heteroatoms. The lowest BCUT2D eigenvalue weighted by atomic mass is 10.3. The van der Waals surface area contributed by atoms with Crippen LogP contribution in [0.15, 0.2) is 0 Å². The summed E-state index contributed by atoms with van der Waals surface area (Å²) in [6.45, 7) is 6.34. The van der Waals surface area contributed by atoms with E-state index in [1.54, 1.807) is 18.4 Å². The molecule has 2 heterocycles. The maximum absolute atomic E-state index is 5.36. The summed E-state index contributed by atoms with van der Waals surface area (Å²) in [6.07, 6.45) is 1.02. The molecule has 2 rings (SSSR count). The van der Waals surface area contributed by atoms with Gasteiger partial charge >= 0.3 is 0 Å². The van der Waals surface area contributed by atoms with Gasteiger partial charge in [-0.1, -0.05) is 0 Å². The number of hydrogen-bond donors (Lipinski definition) is 1. The SMILES string of the molecule is CNCc1sc(CCN2CCOCC2)nc1COC. The Morgan fingerprint density at radius 2 is 2.21 bits per heavy atom. The average Bonchev–Trinajstić information content (AvgIpc) is 2.81. The number of hydrogen-bond acceptors (Lipinski definition) is 6. The van der Waals surface area contributed by atoms with Crippen molar-refractivity contribution in [2.45, 2.75) is 19.6 Å². The van der Waals surface area contributed by atoms with E-state index in [1.807, 2.05) is 7.05 Å². The normalized spacial score (nSPS) is 16.9. The predicted octanol–water partition coefficient (Wildman–Crippen LogP) is 0.884. The fourth-order valence-corrected chi connectivity index (χ4v) is 3.24. The van der Waals surface area contributed by atoms with E-state index in [-0.39, 0.29) is 0 Å². The summed E-state index contributed by atoms with van der Waals surface area (Å²) in [7, 11) is 3.68. The fraction of sp³-hybridized carbons (Fsp3) is 0.769. The highest BCUT2D eigenvalue weighted by Crippen LogP contribution is 2.20. The van der Waals surface area contributed by atoms with Crippen molar-refractivity contribution in [3.05, 3.63) is 15.6 Å². The van der Waals surface area contributed by atoms with Crippen LogP contribution in [-0.4, -0.2) is 56.9 Å². The molecule has 1 aromatic heterocycles. The van der Waals surface area contributed by atoms with E-state index >= 15 is 0 Å². The fourth-order valence-electron chi connectivity index (χ4n) is 2.17. The van der Waals surface area contributed by atoms with Gasteiger partial charge in [-0.3, -0.25) is 4.90 Å². The topological polar surface area (TPSA) is 46.6 Å². The Hall–Kier alpha value is -0.530. The third-order valence-corrected chi connectivity index (χ3v) is 4.34. The molecule has 0 unspecified atom stereocenters. The molecule has 0 saturated carbocycles. The van der Waals surface area contributed by atoms with Crippen molar-refractivity contribution >= 4 is 11.3 Å². The zero-order valence-electron chi connectivity index (χ0n) is 11.8. The number of thiazole rings is 1. The third-order valence-electron chi connectivity index (χ3n) is 3.19. The molecule has 1 saturated heterocycles. The highest BCUT2D eigenvalue weighted by Gasteiger charge is 2.13. The van der Waals surface area contributed by atoms with Crippen LogP contribution in [0.1, 0.15) is 15.6 Å². The highest BCUT2D eigenvalue weighted by molar-refractivity contribution is 7.11. The van der Waals surface area contributed by atoms with E-state index in [4.69, 9.17) is 14.5 Å². The number of morpholine rings is 1. The monoisotopic (exact) mass is 285 g/mol. The first kappa shape index (κ1) is 14.9. The molecule has 1 aliphatic heterocycles. The van der Waals surface area contributed by atoms with Gasteiger partial charge in [0.2, 0.25) is 0 Å². The van der Waals surface area contributed by atoms with Gasteiger partial charge in [-0.2, -0.15) is 0 Å². The van der Waals surface area contributed by atoms with Crippen molar-refractivity contribution in [3.8, 4) is 0 Å². The van der Waals surface area contributed by atoms with Gasteiger partial charge in [-0.05, 0) is 7.05 Å². The second-order valence-electron chi connectivity index (χ2n) is 4.64. The zero-order chi connectivity index (χ0) is 13.5. The number of ether oxygens (including phenoxy) is 2. The average molecular weight is 285 g/mol. The summed E-state index contributed by atoms with van der Waals surface area (Å²) in [5.74, 6) is 0. The minimum Gasteiger partial charge on any atom is -0.379 e. The van der Waals surface area contributed by atoms with E-state index < -0.39 is 0 Å². The zero-order valence-corrected chi connectivity index (χ0v) is 12.6. The van der Waals surface area contributed by atoms with Crippen molar-refractivity contribution in [1.29, 1.82) is 0 Å². The lowest BCUT2D eigenvalue weighted by Crippen LogP contribution is -2.37. The summed E-state index contributed by atoms with van der Waals surface area (Å²) < 4.78 is 10.6. The molecule has 0 bridgehead atoms. The van der Waals surface area contributed by atoms with Gasteiger partial charge in [0, 0.05) is 44.6 Å². The molecule has 1 N–H and O–H groups in total. The standard InChI is InChI=1S/C13H23N3O2S/c1-14-9-12-11(10-17-2)15-13(19-12)3-4-16-5-7-18-8-6-16/h14H,3-10H2,1-2H3. The quantitative estimate of drug-likeness (QED) is 0.806. The Morgan fingerprint density at radius 3 is 2.89 bits per heavy atom. The van der Waals surface area contributed by atoms with E-state index in [0.29, 0.717) is 6.61 Å². The van der Waals surface area contributed by atoms with Gasteiger partial charge in [0.05, 0.1) is 30.5 Å². The molecule has 0 amide bonds. The smallest absolute Gasteiger partial charge is 0.0945 e. The van der Waals surface area contributed by atoms with Gasteiger partial charge < -0.3 is 14.8 Å². The Balaban J connectivity index is 1.89. The molecule has 19 heavy (non-hydrogen) atoms. The number of aromatic nitrogens is 1. The maximum Gasteiger partial charge on any atom is 0.0945 e. The van der Waals surface area contributed by atoms with E-state index in [9.17, 15) is 0 Å². The molecule has 0 aliphatic carbocycles. The Kier molecular flexibility index (Phi) is 6.19. The van der Waals surface area contributed by atoms with E-state index in [0.717, 1.165) is 51.5 Å². The third kappa shape index (κ3) is 4.50. The minimum atomic E-state index is 0.602. The van der Waals surface area contributed by atoms with E-state index in [1.165, 1.54) is 9.88 Å². The van der Waals surface area contributed by atoms with Crippen LogP contribution in [0.4, 0.5) is 0 Å². The molecule has 0 spiro atoms. The second-order valence-corrected chi connectivity index (χ2v) is 5.81. The van der Waals surface area contributed by atoms with Crippen LogP contribution in [-0.2, 0) is 29.0 Å². The number of nitrogens with one attached hydrogen (secondary N) is 1. The summed E-state index contributed by atoms with van der Waals surface area (Å²) in [4.78, 5) is 8.43. The lowest BCUT2D eigenvalue weighted by Gasteiger charge is -2.25. The molecule has 0 radical (unpaired) electrons. The van der Waals surface area contributed by atoms with Gasteiger partial charge in [0.1, 0.15) is 0 Å². The van der Waals surface area contributed by atoms with E-state index in [2.05, 4.69) is 10.2 Å². The molecule has 1 aromatic rings. The Labute approximate surface area is 118 Å².